The van der Waals surface area contributed by atoms with Crippen molar-refractivity contribution in [1.29, 1.82) is 0 Å². The second-order valence-electron chi connectivity index (χ2n) is 3.45. The fraction of sp³-hybridized carbons (Fsp3) is 0.600. The van der Waals surface area contributed by atoms with Gasteiger partial charge in [-0.05, 0) is 32.4 Å². The predicted octanol–water partition coefficient (Wildman–Crippen LogP) is 1.99. The molecule has 2 atom stereocenters. The smallest absolute Gasteiger partial charge is 0.0577 e. The molecule has 3 nitrogen and oxygen atoms in total. The van der Waals surface area contributed by atoms with Crippen LogP contribution in [-0.4, -0.2) is 13.2 Å². The van der Waals surface area contributed by atoms with Gasteiger partial charge in [0.2, 0.25) is 0 Å². The third-order valence-corrected chi connectivity index (χ3v) is 3.39. The fourth-order valence-corrected chi connectivity index (χ4v) is 2.29. The first kappa shape index (κ1) is 11.7. The summed E-state index contributed by atoms with van der Waals surface area (Å²) >= 11 is 1.77. The number of rotatable bonds is 5. The van der Waals surface area contributed by atoms with Crippen LogP contribution < -0.4 is 11.3 Å². The van der Waals surface area contributed by atoms with Gasteiger partial charge in [0.05, 0.1) is 12.1 Å². The zero-order chi connectivity index (χ0) is 10.6. The number of aryl methyl sites for hydroxylation is 1. The lowest BCUT2D eigenvalue weighted by Gasteiger charge is -2.18. The first-order valence-electron chi connectivity index (χ1n) is 4.72. The van der Waals surface area contributed by atoms with E-state index in [1.807, 2.05) is 6.92 Å². The number of hydrazine groups is 1. The Morgan fingerprint density at radius 2 is 2.29 bits per heavy atom. The molecule has 4 heteroatoms. The van der Waals surface area contributed by atoms with Crippen LogP contribution in [0.4, 0.5) is 0 Å². The van der Waals surface area contributed by atoms with Gasteiger partial charge in [0.1, 0.15) is 0 Å². The van der Waals surface area contributed by atoms with Gasteiger partial charge in [0.15, 0.2) is 0 Å². The molecule has 0 amide bonds. The highest BCUT2D eigenvalue weighted by molar-refractivity contribution is 7.12. The van der Waals surface area contributed by atoms with E-state index in [9.17, 15) is 0 Å². The number of hydrogen-bond donors (Lipinski definition) is 2. The van der Waals surface area contributed by atoms with Gasteiger partial charge in [-0.1, -0.05) is 0 Å². The summed E-state index contributed by atoms with van der Waals surface area (Å²) in [6.45, 7) is 4.15. The Balaban J connectivity index is 2.62. The molecule has 0 aliphatic heterocycles. The number of thiophene rings is 1. The van der Waals surface area contributed by atoms with E-state index >= 15 is 0 Å². The molecule has 80 valence electrons. The summed E-state index contributed by atoms with van der Waals surface area (Å²) in [6.07, 6.45) is 1.12. The van der Waals surface area contributed by atoms with Crippen molar-refractivity contribution >= 4 is 11.3 Å². The van der Waals surface area contributed by atoms with Gasteiger partial charge >= 0.3 is 0 Å². The lowest BCUT2D eigenvalue weighted by Crippen LogP contribution is -2.30. The lowest BCUT2D eigenvalue weighted by molar-refractivity contribution is 0.101. The molecule has 1 heterocycles. The highest BCUT2D eigenvalue weighted by atomic mass is 32.1. The van der Waals surface area contributed by atoms with E-state index in [4.69, 9.17) is 10.6 Å². The summed E-state index contributed by atoms with van der Waals surface area (Å²) in [5.74, 6) is 5.52. The topological polar surface area (TPSA) is 47.3 Å². The van der Waals surface area contributed by atoms with Crippen LogP contribution >= 0.6 is 11.3 Å². The highest BCUT2D eigenvalue weighted by Gasteiger charge is 2.14. The molecule has 1 aromatic rings. The summed E-state index contributed by atoms with van der Waals surface area (Å²) in [7, 11) is 1.72. The minimum Gasteiger partial charge on any atom is -0.382 e. The van der Waals surface area contributed by atoms with Crippen LogP contribution in [0.3, 0.4) is 0 Å². The van der Waals surface area contributed by atoms with Crippen LogP contribution in [0, 0.1) is 6.92 Å². The van der Waals surface area contributed by atoms with Gasteiger partial charge in [-0.15, -0.1) is 11.3 Å². The van der Waals surface area contributed by atoms with E-state index < -0.39 is 0 Å². The molecule has 0 fully saturated rings. The molecule has 0 aliphatic carbocycles. The average Bonchev–Trinajstić information content (AvgIpc) is 2.60. The summed E-state index contributed by atoms with van der Waals surface area (Å²) in [5.41, 5.74) is 2.83. The second kappa shape index (κ2) is 5.46. The maximum Gasteiger partial charge on any atom is 0.0577 e. The molecular weight excluding hydrogens is 196 g/mol. The summed E-state index contributed by atoms with van der Waals surface area (Å²) in [4.78, 5) is 2.58. The fourth-order valence-electron chi connectivity index (χ4n) is 1.34. The maximum atomic E-state index is 5.52. The Morgan fingerprint density at radius 3 is 2.71 bits per heavy atom. The van der Waals surface area contributed by atoms with Crippen molar-refractivity contribution in [3.8, 4) is 0 Å². The minimum absolute atomic E-state index is 0.198. The normalized spacial score (nSPS) is 15.4. The van der Waals surface area contributed by atoms with Gasteiger partial charge < -0.3 is 4.74 Å². The largest absolute Gasteiger partial charge is 0.382 e. The zero-order valence-corrected chi connectivity index (χ0v) is 9.73. The van der Waals surface area contributed by atoms with Gasteiger partial charge in [0.25, 0.3) is 0 Å². The molecule has 0 radical (unpaired) electrons. The van der Waals surface area contributed by atoms with Crippen molar-refractivity contribution < 1.29 is 4.74 Å². The number of ether oxygens (including phenoxy) is 1. The van der Waals surface area contributed by atoms with Crippen molar-refractivity contribution in [3.05, 3.63) is 21.9 Å². The Hall–Kier alpha value is -0.420. The van der Waals surface area contributed by atoms with Gasteiger partial charge in [0, 0.05) is 16.9 Å². The molecule has 3 N–H and O–H groups in total. The summed E-state index contributed by atoms with van der Waals surface area (Å²) in [6, 6.07) is 4.43. The van der Waals surface area contributed by atoms with Gasteiger partial charge in [-0.2, -0.15) is 0 Å². The summed E-state index contributed by atoms with van der Waals surface area (Å²) in [5, 5.41) is 0. The van der Waals surface area contributed by atoms with Crippen LogP contribution in [0.1, 0.15) is 29.1 Å². The van der Waals surface area contributed by atoms with E-state index in [-0.39, 0.29) is 12.1 Å². The number of nitrogens with one attached hydrogen (secondary N) is 1. The molecule has 1 rings (SSSR count). The molecule has 0 aliphatic rings. The van der Waals surface area contributed by atoms with Crippen molar-refractivity contribution in [2.45, 2.75) is 32.4 Å². The van der Waals surface area contributed by atoms with Crippen molar-refractivity contribution in [1.82, 2.24) is 5.43 Å². The van der Waals surface area contributed by atoms with E-state index in [0.717, 1.165) is 6.42 Å². The van der Waals surface area contributed by atoms with Crippen LogP contribution in [0.15, 0.2) is 12.1 Å². The Labute approximate surface area is 89.2 Å². The lowest BCUT2D eigenvalue weighted by atomic mass is 10.1. The van der Waals surface area contributed by atoms with Crippen molar-refractivity contribution in [3.63, 3.8) is 0 Å². The molecule has 0 spiro atoms. The van der Waals surface area contributed by atoms with E-state index in [2.05, 4.69) is 24.5 Å². The quantitative estimate of drug-likeness (QED) is 0.582. The SMILES string of the molecule is COC(C)CC(NN)c1ccc(C)s1. The first-order valence-corrected chi connectivity index (χ1v) is 5.54. The molecule has 0 saturated heterocycles. The molecule has 0 bridgehead atoms. The van der Waals surface area contributed by atoms with Crippen LogP contribution in [0.5, 0.6) is 0 Å². The van der Waals surface area contributed by atoms with Crippen molar-refractivity contribution in [2.75, 3.05) is 7.11 Å². The minimum atomic E-state index is 0.198. The number of methoxy groups -OCH3 is 1. The maximum absolute atomic E-state index is 5.52. The van der Waals surface area contributed by atoms with Crippen LogP contribution in [0.25, 0.3) is 0 Å². The molecule has 0 aromatic carbocycles. The molecular formula is C10H18N2OS. The molecule has 1 aromatic heterocycles. The predicted molar refractivity (Wildman–Crippen MR) is 60.2 cm³/mol. The average molecular weight is 214 g/mol. The third-order valence-electron chi connectivity index (χ3n) is 2.28. The molecule has 2 unspecified atom stereocenters. The molecule has 0 saturated carbocycles. The first-order chi connectivity index (χ1) is 6.67. The van der Waals surface area contributed by atoms with E-state index in [1.165, 1.54) is 9.75 Å². The highest BCUT2D eigenvalue weighted by Crippen LogP contribution is 2.25. The van der Waals surface area contributed by atoms with Gasteiger partial charge in [-0.3, -0.25) is 11.3 Å². The van der Waals surface area contributed by atoms with E-state index in [1.54, 1.807) is 18.4 Å². The second-order valence-corrected chi connectivity index (χ2v) is 4.77. The Morgan fingerprint density at radius 1 is 1.57 bits per heavy atom. The van der Waals surface area contributed by atoms with Crippen molar-refractivity contribution in [2.24, 2.45) is 5.84 Å². The summed E-state index contributed by atoms with van der Waals surface area (Å²) < 4.78 is 5.22. The van der Waals surface area contributed by atoms with Gasteiger partial charge in [-0.25, -0.2) is 0 Å². The number of nitrogens with two attached hydrogens (primary N) is 1. The standard InChI is InChI=1S/C10H18N2OS/c1-7(13-3)6-9(12-11)10-5-4-8(2)14-10/h4-5,7,9,12H,6,11H2,1-3H3. The number of hydrogen-bond acceptors (Lipinski definition) is 4. The zero-order valence-electron chi connectivity index (χ0n) is 8.91. The van der Waals surface area contributed by atoms with Crippen LogP contribution in [-0.2, 0) is 4.74 Å². The monoisotopic (exact) mass is 214 g/mol. The Kier molecular flexibility index (Phi) is 4.54. The molecule has 14 heavy (non-hydrogen) atoms. The van der Waals surface area contributed by atoms with Crippen LogP contribution in [0.2, 0.25) is 0 Å². The Bertz CT molecular complexity index is 275. The van der Waals surface area contributed by atoms with E-state index in [0.29, 0.717) is 0 Å². The third kappa shape index (κ3) is 3.06.